The van der Waals surface area contributed by atoms with Crippen LogP contribution in [-0.4, -0.2) is 6.29 Å². The van der Waals surface area contributed by atoms with E-state index in [-0.39, 0.29) is 5.92 Å². The summed E-state index contributed by atoms with van der Waals surface area (Å²) in [6, 6.07) is 10.5. The molecular weight excluding hydrogens is 280 g/mol. The predicted octanol–water partition coefficient (Wildman–Crippen LogP) is 6.75. The molecule has 0 aliphatic rings. The molecule has 0 heterocycles. The van der Waals surface area contributed by atoms with Gasteiger partial charge in [-0.05, 0) is 24.8 Å². The maximum absolute atomic E-state index is 11.2. The Bertz CT molecular complexity index is 371. The van der Waals surface area contributed by atoms with E-state index in [9.17, 15) is 4.79 Å². The number of unbranched alkanes of at least 4 members (excludes halogenated alkanes) is 9. The summed E-state index contributed by atoms with van der Waals surface area (Å²) >= 11 is 0. The molecule has 1 nitrogen and oxygen atoms in total. The fraction of sp³-hybridized carbons (Fsp3) is 0.682. The summed E-state index contributed by atoms with van der Waals surface area (Å²) in [4.78, 5) is 11.2. The topological polar surface area (TPSA) is 17.1 Å². The van der Waals surface area contributed by atoms with Gasteiger partial charge >= 0.3 is 0 Å². The first-order valence-electron chi connectivity index (χ1n) is 9.86. The van der Waals surface area contributed by atoms with Gasteiger partial charge in [-0.15, -0.1) is 0 Å². The Labute approximate surface area is 143 Å². The summed E-state index contributed by atoms with van der Waals surface area (Å²) in [6.07, 6.45) is 17.9. The lowest BCUT2D eigenvalue weighted by molar-refractivity contribution is -0.111. The van der Waals surface area contributed by atoms with Crippen molar-refractivity contribution in [3.05, 3.63) is 35.9 Å². The quantitative estimate of drug-likeness (QED) is 0.258. The molecule has 0 saturated carbocycles. The summed E-state index contributed by atoms with van der Waals surface area (Å²) in [7, 11) is 0. The van der Waals surface area contributed by atoms with Crippen LogP contribution in [0.3, 0.4) is 0 Å². The number of carbonyl (C=O) groups is 1. The number of hydrogen-bond acceptors (Lipinski definition) is 1. The number of rotatable bonds is 15. The average molecular weight is 317 g/mol. The lowest BCUT2D eigenvalue weighted by Crippen LogP contribution is -2.04. The van der Waals surface area contributed by atoms with Gasteiger partial charge in [0.1, 0.15) is 6.29 Å². The molecule has 0 aliphatic heterocycles. The molecule has 1 aromatic rings. The number of carbonyl (C=O) groups excluding carboxylic acids is 1. The average Bonchev–Trinajstić information content (AvgIpc) is 2.60. The van der Waals surface area contributed by atoms with Crippen molar-refractivity contribution in [2.24, 2.45) is 5.92 Å². The second-order valence-electron chi connectivity index (χ2n) is 6.89. The Morgan fingerprint density at radius 1 is 0.783 bits per heavy atom. The lowest BCUT2D eigenvalue weighted by Gasteiger charge is -2.10. The van der Waals surface area contributed by atoms with E-state index in [1.165, 1.54) is 76.1 Å². The summed E-state index contributed by atoms with van der Waals surface area (Å²) in [5.74, 6) is 0.254. The second kappa shape index (κ2) is 14.5. The van der Waals surface area contributed by atoms with Crippen LogP contribution in [0.2, 0.25) is 0 Å². The molecule has 130 valence electrons. The fourth-order valence-corrected chi connectivity index (χ4v) is 3.17. The van der Waals surface area contributed by atoms with Crippen molar-refractivity contribution in [1.29, 1.82) is 0 Å². The molecular formula is C22H36O. The van der Waals surface area contributed by atoms with Crippen LogP contribution >= 0.6 is 0 Å². The normalized spacial score (nSPS) is 12.2. The molecule has 1 rings (SSSR count). The fourth-order valence-electron chi connectivity index (χ4n) is 3.17. The Morgan fingerprint density at radius 3 is 1.91 bits per heavy atom. The molecule has 1 unspecified atom stereocenters. The maximum atomic E-state index is 11.2. The molecule has 1 aromatic carbocycles. The van der Waals surface area contributed by atoms with Gasteiger partial charge in [0, 0.05) is 5.92 Å². The Morgan fingerprint density at radius 2 is 1.35 bits per heavy atom. The minimum absolute atomic E-state index is 0.254. The predicted molar refractivity (Wildman–Crippen MR) is 101 cm³/mol. The minimum Gasteiger partial charge on any atom is -0.303 e. The molecule has 0 radical (unpaired) electrons. The van der Waals surface area contributed by atoms with E-state index >= 15 is 0 Å². The van der Waals surface area contributed by atoms with E-state index in [1.807, 2.05) is 6.07 Å². The minimum atomic E-state index is 0.254. The molecule has 0 bridgehead atoms. The zero-order chi connectivity index (χ0) is 16.6. The molecule has 0 fully saturated rings. The van der Waals surface area contributed by atoms with E-state index in [2.05, 4.69) is 31.2 Å². The molecule has 1 atom stereocenters. The van der Waals surface area contributed by atoms with Crippen molar-refractivity contribution in [2.45, 2.75) is 90.4 Å². The van der Waals surface area contributed by atoms with Gasteiger partial charge in [-0.3, -0.25) is 0 Å². The first-order chi connectivity index (χ1) is 11.4. The summed E-state index contributed by atoms with van der Waals surface area (Å²) in [6.45, 7) is 2.27. The molecule has 0 amide bonds. The van der Waals surface area contributed by atoms with Gasteiger partial charge in [-0.1, -0.05) is 101 Å². The van der Waals surface area contributed by atoms with Gasteiger partial charge in [-0.25, -0.2) is 0 Å². The zero-order valence-electron chi connectivity index (χ0n) is 15.1. The second-order valence-corrected chi connectivity index (χ2v) is 6.89. The molecule has 1 heteroatoms. The highest BCUT2D eigenvalue weighted by molar-refractivity contribution is 5.53. The molecule has 0 N–H and O–H groups in total. The maximum Gasteiger partial charge on any atom is 0.123 e. The van der Waals surface area contributed by atoms with Crippen LogP contribution in [0.15, 0.2) is 30.3 Å². The Balaban J connectivity index is 1.95. The molecule has 0 aliphatic carbocycles. The van der Waals surface area contributed by atoms with Crippen LogP contribution in [0.5, 0.6) is 0 Å². The van der Waals surface area contributed by atoms with Crippen LogP contribution in [0.1, 0.15) is 89.5 Å². The molecule has 0 spiro atoms. The number of aldehydes is 1. The summed E-state index contributed by atoms with van der Waals surface area (Å²) in [5.41, 5.74) is 1.35. The highest BCUT2D eigenvalue weighted by Gasteiger charge is 2.07. The standard InChI is InChI=1S/C22H36O/c1-2-3-4-5-6-7-8-9-10-12-17-22(20-23)19-18-21-15-13-11-14-16-21/h11,13-16,20,22H,2-10,12,17-19H2,1H3. The highest BCUT2D eigenvalue weighted by atomic mass is 16.1. The molecule has 0 saturated heterocycles. The van der Waals surface area contributed by atoms with Crippen LogP contribution in [-0.2, 0) is 11.2 Å². The van der Waals surface area contributed by atoms with Gasteiger partial charge in [0.2, 0.25) is 0 Å². The lowest BCUT2D eigenvalue weighted by atomic mass is 9.95. The van der Waals surface area contributed by atoms with Crippen LogP contribution in [0.4, 0.5) is 0 Å². The Hall–Kier alpha value is -1.11. The Kier molecular flexibility index (Phi) is 12.6. The molecule has 23 heavy (non-hydrogen) atoms. The van der Waals surface area contributed by atoms with Crippen molar-refractivity contribution in [2.75, 3.05) is 0 Å². The third-order valence-corrected chi connectivity index (χ3v) is 4.77. The van der Waals surface area contributed by atoms with Crippen LogP contribution < -0.4 is 0 Å². The van der Waals surface area contributed by atoms with Gasteiger partial charge in [-0.2, -0.15) is 0 Å². The third-order valence-electron chi connectivity index (χ3n) is 4.77. The summed E-state index contributed by atoms with van der Waals surface area (Å²) < 4.78 is 0. The highest BCUT2D eigenvalue weighted by Crippen LogP contribution is 2.17. The first-order valence-corrected chi connectivity index (χ1v) is 9.86. The van der Waals surface area contributed by atoms with Crippen molar-refractivity contribution >= 4 is 6.29 Å². The van der Waals surface area contributed by atoms with E-state index < -0.39 is 0 Å². The van der Waals surface area contributed by atoms with Crippen LogP contribution in [0.25, 0.3) is 0 Å². The monoisotopic (exact) mass is 316 g/mol. The van der Waals surface area contributed by atoms with E-state index in [1.54, 1.807) is 0 Å². The third kappa shape index (κ3) is 11.1. The zero-order valence-corrected chi connectivity index (χ0v) is 15.1. The number of hydrogen-bond donors (Lipinski definition) is 0. The summed E-state index contributed by atoms with van der Waals surface area (Å²) in [5, 5.41) is 0. The van der Waals surface area contributed by atoms with Gasteiger partial charge in [0.15, 0.2) is 0 Å². The van der Waals surface area contributed by atoms with Crippen molar-refractivity contribution in [1.82, 2.24) is 0 Å². The SMILES string of the molecule is CCCCCCCCCCCCC(C=O)CCc1ccccc1. The van der Waals surface area contributed by atoms with E-state index in [4.69, 9.17) is 0 Å². The van der Waals surface area contributed by atoms with Crippen molar-refractivity contribution in [3.63, 3.8) is 0 Å². The number of aryl methyl sites for hydroxylation is 1. The van der Waals surface area contributed by atoms with Gasteiger partial charge in [0.25, 0.3) is 0 Å². The van der Waals surface area contributed by atoms with Gasteiger partial charge < -0.3 is 4.79 Å². The van der Waals surface area contributed by atoms with Crippen molar-refractivity contribution < 1.29 is 4.79 Å². The first kappa shape index (κ1) is 19.9. The van der Waals surface area contributed by atoms with E-state index in [0.717, 1.165) is 19.3 Å². The smallest absolute Gasteiger partial charge is 0.123 e. The largest absolute Gasteiger partial charge is 0.303 e. The van der Waals surface area contributed by atoms with Crippen molar-refractivity contribution in [3.8, 4) is 0 Å². The van der Waals surface area contributed by atoms with E-state index in [0.29, 0.717) is 0 Å². The van der Waals surface area contributed by atoms with Crippen LogP contribution in [0, 0.1) is 5.92 Å². The molecule has 0 aromatic heterocycles. The number of benzene rings is 1. The van der Waals surface area contributed by atoms with Gasteiger partial charge in [0.05, 0.1) is 0 Å².